The Hall–Kier alpha value is -1.46. The number of ketones is 1. The highest BCUT2D eigenvalue weighted by Gasteiger charge is 2.13. The van der Waals surface area contributed by atoms with Crippen LogP contribution < -0.4 is 5.73 Å². The summed E-state index contributed by atoms with van der Waals surface area (Å²) in [5.41, 5.74) is 6.62. The molecule has 0 aliphatic heterocycles. The maximum absolute atomic E-state index is 12.0. The third-order valence-corrected chi connectivity index (χ3v) is 3.11. The first-order valence-corrected chi connectivity index (χ1v) is 5.90. The first kappa shape index (κ1) is 11.0. The Morgan fingerprint density at radius 1 is 1.62 bits per heavy atom. The van der Waals surface area contributed by atoms with E-state index in [0.29, 0.717) is 24.3 Å². The quantitative estimate of drug-likeness (QED) is 0.816. The van der Waals surface area contributed by atoms with Crippen molar-refractivity contribution in [2.45, 2.75) is 13.5 Å². The van der Waals surface area contributed by atoms with E-state index in [1.807, 2.05) is 22.9 Å². The van der Waals surface area contributed by atoms with Gasteiger partial charge in [-0.3, -0.25) is 4.79 Å². The summed E-state index contributed by atoms with van der Waals surface area (Å²) in [5.74, 6) is -0.0277. The molecule has 2 heterocycles. The fourth-order valence-corrected chi connectivity index (χ4v) is 2.14. The van der Waals surface area contributed by atoms with E-state index in [1.54, 1.807) is 23.9 Å². The van der Waals surface area contributed by atoms with Crippen molar-refractivity contribution in [3.8, 4) is 0 Å². The van der Waals surface area contributed by atoms with Gasteiger partial charge in [0.15, 0.2) is 0 Å². The van der Waals surface area contributed by atoms with Gasteiger partial charge in [0.05, 0.1) is 6.33 Å². The Balaban J connectivity index is 2.20. The number of carbonyl (C=O) groups excluding carboxylic acids is 1. The molecule has 0 bridgehead atoms. The molecule has 2 N–H and O–H groups in total. The highest BCUT2D eigenvalue weighted by atomic mass is 32.1. The molecule has 2 aromatic heterocycles. The lowest BCUT2D eigenvalue weighted by atomic mass is 10.2. The van der Waals surface area contributed by atoms with Crippen LogP contribution in [0.25, 0.3) is 0 Å². The number of imidazole rings is 1. The van der Waals surface area contributed by atoms with Gasteiger partial charge in [-0.15, -0.1) is 11.3 Å². The Kier molecular flexibility index (Phi) is 3.17. The lowest BCUT2D eigenvalue weighted by Gasteiger charge is -1.95. The third-order valence-electron chi connectivity index (χ3n) is 2.25. The van der Waals surface area contributed by atoms with Gasteiger partial charge in [0.1, 0.15) is 5.69 Å². The number of rotatable bonds is 4. The van der Waals surface area contributed by atoms with Crippen LogP contribution in [0.15, 0.2) is 24.0 Å². The number of hydrogen-bond donors (Lipinski definition) is 1. The number of carbonyl (C=O) groups is 1. The largest absolute Gasteiger partial charge is 0.335 e. The minimum atomic E-state index is -0.0277. The topological polar surface area (TPSA) is 60.9 Å². The first-order valence-electron chi connectivity index (χ1n) is 5.02. The summed E-state index contributed by atoms with van der Waals surface area (Å²) < 4.78 is 1.83. The smallest absolute Gasteiger partial charge is 0.213 e. The highest BCUT2D eigenvalue weighted by Crippen LogP contribution is 2.16. The molecule has 0 spiro atoms. The lowest BCUT2D eigenvalue weighted by molar-refractivity contribution is 0.103. The Morgan fingerprint density at radius 2 is 2.44 bits per heavy atom. The molecule has 0 aliphatic carbocycles. The number of nitrogens with two attached hydrogens (primary N) is 1. The summed E-state index contributed by atoms with van der Waals surface area (Å²) in [7, 11) is 0. The van der Waals surface area contributed by atoms with Crippen molar-refractivity contribution in [2.24, 2.45) is 5.73 Å². The van der Waals surface area contributed by atoms with Gasteiger partial charge < -0.3 is 10.3 Å². The number of aromatic nitrogens is 2. The van der Waals surface area contributed by atoms with Gasteiger partial charge in [-0.2, -0.15) is 0 Å². The SMILES string of the molecule is Cc1cc(C(=O)c2cn(CCN)cn2)cs1. The van der Waals surface area contributed by atoms with Crippen LogP contribution in [0.1, 0.15) is 20.9 Å². The van der Waals surface area contributed by atoms with Gasteiger partial charge in [0, 0.05) is 35.1 Å². The maximum Gasteiger partial charge on any atom is 0.213 e. The van der Waals surface area contributed by atoms with Gasteiger partial charge in [-0.05, 0) is 13.0 Å². The maximum atomic E-state index is 12.0. The molecule has 4 nitrogen and oxygen atoms in total. The summed E-state index contributed by atoms with van der Waals surface area (Å²) in [6, 6.07) is 1.88. The van der Waals surface area contributed by atoms with E-state index >= 15 is 0 Å². The van der Waals surface area contributed by atoms with Crippen molar-refractivity contribution in [2.75, 3.05) is 6.54 Å². The zero-order chi connectivity index (χ0) is 11.5. The van der Waals surface area contributed by atoms with Crippen molar-refractivity contribution in [3.63, 3.8) is 0 Å². The van der Waals surface area contributed by atoms with Crippen LogP contribution in [0, 0.1) is 6.92 Å². The van der Waals surface area contributed by atoms with Crippen LogP contribution in [0.4, 0.5) is 0 Å². The molecule has 0 aliphatic rings. The summed E-state index contributed by atoms with van der Waals surface area (Å²) in [6.45, 7) is 3.21. The van der Waals surface area contributed by atoms with Gasteiger partial charge >= 0.3 is 0 Å². The minimum absolute atomic E-state index is 0.0277. The van der Waals surface area contributed by atoms with Crippen molar-refractivity contribution in [1.29, 1.82) is 0 Å². The molecule has 2 rings (SSSR count). The second-order valence-electron chi connectivity index (χ2n) is 3.56. The molecule has 16 heavy (non-hydrogen) atoms. The minimum Gasteiger partial charge on any atom is -0.335 e. The Bertz CT molecular complexity index is 501. The summed E-state index contributed by atoms with van der Waals surface area (Å²) >= 11 is 1.57. The van der Waals surface area contributed by atoms with Gasteiger partial charge in [0.25, 0.3) is 0 Å². The lowest BCUT2D eigenvalue weighted by Crippen LogP contribution is -2.08. The van der Waals surface area contributed by atoms with E-state index in [4.69, 9.17) is 5.73 Å². The van der Waals surface area contributed by atoms with E-state index in [9.17, 15) is 4.79 Å². The molecule has 0 unspecified atom stereocenters. The van der Waals surface area contributed by atoms with Crippen LogP contribution in [-0.2, 0) is 6.54 Å². The van der Waals surface area contributed by atoms with Crippen LogP contribution in [-0.4, -0.2) is 21.9 Å². The van der Waals surface area contributed by atoms with Crippen molar-refractivity contribution < 1.29 is 4.79 Å². The van der Waals surface area contributed by atoms with Gasteiger partial charge in [-0.25, -0.2) is 4.98 Å². The van der Waals surface area contributed by atoms with Crippen molar-refractivity contribution >= 4 is 17.1 Å². The fraction of sp³-hybridized carbons (Fsp3) is 0.273. The zero-order valence-corrected chi connectivity index (χ0v) is 9.83. The van der Waals surface area contributed by atoms with Crippen molar-refractivity contribution in [1.82, 2.24) is 9.55 Å². The fourth-order valence-electron chi connectivity index (χ4n) is 1.46. The molecule has 0 saturated heterocycles. The highest BCUT2D eigenvalue weighted by molar-refractivity contribution is 7.10. The zero-order valence-electron chi connectivity index (χ0n) is 9.01. The monoisotopic (exact) mass is 235 g/mol. The predicted octanol–water partition coefficient (Wildman–Crippen LogP) is 1.44. The summed E-state index contributed by atoms with van der Waals surface area (Å²) in [5, 5.41) is 1.86. The predicted molar refractivity (Wildman–Crippen MR) is 63.8 cm³/mol. The van der Waals surface area contributed by atoms with Crippen LogP contribution >= 0.6 is 11.3 Å². The first-order chi connectivity index (χ1) is 7.70. The molecular weight excluding hydrogens is 222 g/mol. The molecule has 0 atom stereocenters. The van der Waals surface area contributed by atoms with E-state index in [1.165, 1.54) is 0 Å². The summed E-state index contributed by atoms with van der Waals surface area (Å²) in [4.78, 5) is 17.2. The molecule has 2 aromatic rings. The second kappa shape index (κ2) is 4.59. The molecule has 0 aromatic carbocycles. The van der Waals surface area contributed by atoms with E-state index in [2.05, 4.69) is 4.98 Å². The van der Waals surface area contributed by atoms with E-state index < -0.39 is 0 Å². The number of hydrogen-bond acceptors (Lipinski definition) is 4. The second-order valence-corrected chi connectivity index (χ2v) is 4.68. The number of thiophene rings is 1. The molecule has 0 radical (unpaired) electrons. The molecule has 5 heteroatoms. The average molecular weight is 235 g/mol. The average Bonchev–Trinajstić information content (AvgIpc) is 2.87. The van der Waals surface area contributed by atoms with Gasteiger partial charge in [-0.1, -0.05) is 0 Å². The molecular formula is C11H13N3OS. The van der Waals surface area contributed by atoms with E-state index in [-0.39, 0.29) is 5.78 Å². The Morgan fingerprint density at radius 3 is 3.06 bits per heavy atom. The van der Waals surface area contributed by atoms with Crippen LogP contribution in [0.2, 0.25) is 0 Å². The molecule has 84 valence electrons. The summed E-state index contributed by atoms with van der Waals surface area (Å²) in [6.07, 6.45) is 3.38. The number of aryl methyl sites for hydroxylation is 1. The van der Waals surface area contributed by atoms with Crippen LogP contribution in [0.5, 0.6) is 0 Å². The van der Waals surface area contributed by atoms with Gasteiger partial charge in [0.2, 0.25) is 5.78 Å². The number of nitrogens with zero attached hydrogens (tertiary/aromatic N) is 2. The normalized spacial score (nSPS) is 10.6. The molecule has 0 saturated carbocycles. The third kappa shape index (κ3) is 2.20. The molecule has 0 fully saturated rings. The standard InChI is InChI=1S/C11H13N3OS/c1-8-4-9(6-16-8)11(15)10-5-14(3-2-12)7-13-10/h4-7H,2-3,12H2,1H3. The van der Waals surface area contributed by atoms with Crippen molar-refractivity contribution in [3.05, 3.63) is 40.1 Å². The van der Waals surface area contributed by atoms with Crippen LogP contribution in [0.3, 0.4) is 0 Å². The van der Waals surface area contributed by atoms with E-state index in [0.717, 1.165) is 4.88 Å². The molecule has 0 amide bonds. The Labute approximate surface area is 97.7 Å².